The molecule has 0 bridgehead atoms. The topological polar surface area (TPSA) is 122 Å². The van der Waals surface area contributed by atoms with Crippen LogP contribution in [0.3, 0.4) is 0 Å². The number of fused-ring (bicyclic) bond motifs is 4. The van der Waals surface area contributed by atoms with E-state index < -0.39 is 17.9 Å². The molecule has 0 saturated heterocycles. The Morgan fingerprint density at radius 3 is 2.84 bits per heavy atom. The van der Waals surface area contributed by atoms with Gasteiger partial charge in [0.05, 0.1) is 5.39 Å². The number of aryl methyl sites for hydroxylation is 3. The molecule has 0 spiro atoms. The van der Waals surface area contributed by atoms with Crippen LogP contribution < -0.4 is 25.9 Å². The summed E-state index contributed by atoms with van der Waals surface area (Å²) in [5.41, 5.74) is 5.72. The summed E-state index contributed by atoms with van der Waals surface area (Å²) in [6, 6.07) is 7.06. The molecule has 32 heavy (non-hydrogen) atoms. The van der Waals surface area contributed by atoms with Crippen LogP contribution in [0.4, 0.5) is 0 Å². The fourth-order valence-corrected chi connectivity index (χ4v) is 5.26. The van der Waals surface area contributed by atoms with Crippen LogP contribution in [-0.2, 0) is 28.9 Å². The molecule has 2 aromatic heterocycles. The number of hydrazine groups is 1. The van der Waals surface area contributed by atoms with Crippen LogP contribution in [0.15, 0.2) is 29.1 Å². The Bertz CT molecular complexity index is 1250. The van der Waals surface area contributed by atoms with E-state index in [9.17, 15) is 14.4 Å². The molecule has 2 amide bonds. The number of H-pyrrole nitrogens is 1. The number of carbonyl (C=O) groups is 2. The smallest absolute Gasteiger partial charge is 0.283 e. The number of benzene rings is 1. The number of nitrogens with one attached hydrogen (secondary N) is 3. The molecular weight excluding hydrogens is 432 g/mol. The predicted molar refractivity (Wildman–Crippen MR) is 118 cm³/mol. The van der Waals surface area contributed by atoms with Gasteiger partial charge in [-0.2, -0.15) is 0 Å². The summed E-state index contributed by atoms with van der Waals surface area (Å²) in [7, 11) is 0. The van der Waals surface area contributed by atoms with Gasteiger partial charge in [0.1, 0.15) is 17.3 Å². The average molecular weight is 455 g/mol. The van der Waals surface area contributed by atoms with Crippen molar-refractivity contribution in [2.24, 2.45) is 0 Å². The highest BCUT2D eigenvalue weighted by atomic mass is 32.1. The van der Waals surface area contributed by atoms with E-state index >= 15 is 0 Å². The van der Waals surface area contributed by atoms with Crippen molar-refractivity contribution in [3.63, 3.8) is 0 Å². The first-order valence-electron chi connectivity index (χ1n) is 10.6. The lowest BCUT2D eigenvalue weighted by Crippen LogP contribution is -2.50. The summed E-state index contributed by atoms with van der Waals surface area (Å²) in [5, 5.41) is 0.696. The summed E-state index contributed by atoms with van der Waals surface area (Å²) < 4.78 is 11.1. The first-order chi connectivity index (χ1) is 15.6. The fourth-order valence-electron chi connectivity index (χ4n) is 3.98. The van der Waals surface area contributed by atoms with Gasteiger partial charge < -0.3 is 14.5 Å². The standard InChI is InChI=1S/C22H22N4O5S/c27-18(25-26-20(28)15-11-30-13-6-2-3-7-14(13)31-15)10-9-17-23-21(29)19-12-5-1-4-8-16(12)32-22(19)24-17/h2-3,6-7,15H,1,4-5,8-11H2,(H,25,27)(H,26,28)(H,23,24,29)/t15-/m1/s1. The van der Waals surface area contributed by atoms with Crippen LogP contribution >= 0.6 is 11.3 Å². The van der Waals surface area contributed by atoms with Crippen molar-refractivity contribution in [1.82, 2.24) is 20.8 Å². The summed E-state index contributed by atoms with van der Waals surface area (Å²) in [6.07, 6.45) is 3.60. The van der Waals surface area contributed by atoms with E-state index in [-0.39, 0.29) is 25.0 Å². The highest BCUT2D eigenvalue weighted by Gasteiger charge is 2.27. The average Bonchev–Trinajstić information content (AvgIpc) is 3.19. The van der Waals surface area contributed by atoms with Crippen molar-refractivity contribution in [2.45, 2.75) is 44.6 Å². The Balaban J connectivity index is 1.15. The quantitative estimate of drug-likeness (QED) is 0.517. The molecule has 0 saturated carbocycles. The minimum absolute atomic E-state index is 0.0503. The van der Waals surface area contributed by atoms with Crippen LogP contribution in [0, 0.1) is 0 Å². The van der Waals surface area contributed by atoms with E-state index in [0.717, 1.165) is 36.1 Å². The highest BCUT2D eigenvalue weighted by molar-refractivity contribution is 7.18. The van der Waals surface area contributed by atoms with Crippen LogP contribution in [0.2, 0.25) is 0 Å². The van der Waals surface area contributed by atoms with E-state index in [1.807, 2.05) is 6.07 Å². The minimum atomic E-state index is -0.865. The van der Waals surface area contributed by atoms with Gasteiger partial charge in [-0.05, 0) is 43.4 Å². The van der Waals surface area contributed by atoms with Gasteiger partial charge in [0.25, 0.3) is 11.5 Å². The van der Waals surface area contributed by atoms with Gasteiger partial charge in [0, 0.05) is 17.7 Å². The zero-order valence-corrected chi connectivity index (χ0v) is 18.0. The minimum Gasteiger partial charge on any atom is -0.485 e. The van der Waals surface area contributed by atoms with E-state index in [1.165, 1.54) is 4.88 Å². The third kappa shape index (κ3) is 4.05. The van der Waals surface area contributed by atoms with Crippen LogP contribution in [0.5, 0.6) is 11.5 Å². The summed E-state index contributed by atoms with van der Waals surface area (Å²) in [4.78, 5) is 46.4. The number of thiophene rings is 1. The molecule has 5 rings (SSSR count). The van der Waals surface area contributed by atoms with Gasteiger partial charge in [-0.1, -0.05) is 12.1 Å². The van der Waals surface area contributed by atoms with Crippen LogP contribution in [0.1, 0.15) is 35.5 Å². The molecule has 9 nitrogen and oxygen atoms in total. The Hall–Kier alpha value is -3.40. The lowest BCUT2D eigenvalue weighted by Gasteiger charge is -2.25. The maximum absolute atomic E-state index is 12.6. The molecule has 1 aromatic carbocycles. The number of rotatable bonds is 4. The maximum atomic E-state index is 12.6. The molecule has 3 N–H and O–H groups in total. The molecule has 0 fully saturated rings. The Morgan fingerprint density at radius 1 is 1.16 bits per heavy atom. The number of amides is 2. The number of hydrogen-bond acceptors (Lipinski definition) is 7. The third-order valence-corrected chi connectivity index (χ3v) is 6.77. The van der Waals surface area contributed by atoms with E-state index in [2.05, 4.69) is 20.8 Å². The molecule has 166 valence electrons. The molecule has 3 aromatic rings. The lowest BCUT2D eigenvalue weighted by atomic mass is 9.97. The summed E-state index contributed by atoms with van der Waals surface area (Å²) in [6.45, 7) is 0.0503. The molecule has 1 atom stereocenters. The Morgan fingerprint density at radius 2 is 1.97 bits per heavy atom. The number of hydrogen-bond donors (Lipinski definition) is 3. The van der Waals surface area contributed by atoms with Crippen molar-refractivity contribution < 1.29 is 19.1 Å². The van der Waals surface area contributed by atoms with Crippen LogP contribution in [0.25, 0.3) is 10.2 Å². The van der Waals surface area contributed by atoms with Crippen molar-refractivity contribution >= 4 is 33.4 Å². The van der Waals surface area contributed by atoms with Gasteiger partial charge in [-0.3, -0.25) is 25.2 Å². The fraction of sp³-hybridized carbons (Fsp3) is 0.364. The Kier molecular flexibility index (Phi) is 5.52. The van der Waals surface area contributed by atoms with Gasteiger partial charge in [-0.25, -0.2) is 4.98 Å². The van der Waals surface area contributed by atoms with Crippen molar-refractivity contribution in [3.05, 3.63) is 50.9 Å². The van der Waals surface area contributed by atoms with Crippen LogP contribution in [-0.4, -0.2) is 34.5 Å². The van der Waals surface area contributed by atoms with Crippen molar-refractivity contribution in [2.75, 3.05) is 6.61 Å². The third-order valence-electron chi connectivity index (χ3n) is 5.59. The summed E-state index contributed by atoms with van der Waals surface area (Å²) >= 11 is 1.57. The van der Waals surface area contributed by atoms with E-state index in [1.54, 1.807) is 29.5 Å². The van der Waals surface area contributed by atoms with Crippen molar-refractivity contribution in [1.29, 1.82) is 0 Å². The molecule has 1 aliphatic carbocycles. The zero-order valence-electron chi connectivity index (χ0n) is 17.2. The largest absolute Gasteiger partial charge is 0.485 e. The second-order valence-electron chi connectivity index (χ2n) is 7.81. The lowest BCUT2D eigenvalue weighted by molar-refractivity contribution is -0.135. The molecule has 0 unspecified atom stereocenters. The first kappa shape index (κ1) is 20.5. The SMILES string of the molecule is O=C(CCc1nc2sc3c(c2c(=O)[nH]1)CCCC3)NNC(=O)[C@H]1COc2ccccc2O1. The number of nitrogens with zero attached hydrogens (tertiary/aromatic N) is 1. The predicted octanol–water partition coefficient (Wildman–Crippen LogP) is 1.78. The van der Waals surface area contributed by atoms with Gasteiger partial charge in [-0.15, -0.1) is 11.3 Å². The van der Waals surface area contributed by atoms with Gasteiger partial charge in [0.15, 0.2) is 11.5 Å². The number of aromatic amines is 1. The van der Waals surface area contributed by atoms with Crippen molar-refractivity contribution in [3.8, 4) is 11.5 Å². The second kappa shape index (κ2) is 8.62. The van der Waals surface area contributed by atoms with E-state index in [0.29, 0.717) is 22.7 Å². The number of para-hydroxylation sites is 2. The molecule has 10 heteroatoms. The number of aromatic nitrogens is 2. The maximum Gasteiger partial charge on any atom is 0.283 e. The normalized spacial score (nSPS) is 16.9. The monoisotopic (exact) mass is 454 g/mol. The number of ether oxygens (including phenoxy) is 2. The van der Waals surface area contributed by atoms with Gasteiger partial charge in [0.2, 0.25) is 12.0 Å². The zero-order chi connectivity index (χ0) is 22.1. The first-order valence-corrected chi connectivity index (χ1v) is 11.4. The molecule has 0 radical (unpaired) electrons. The molecule has 3 heterocycles. The molecule has 2 aliphatic rings. The van der Waals surface area contributed by atoms with Gasteiger partial charge >= 0.3 is 0 Å². The summed E-state index contributed by atoms with van der Waals surface area (Å²) in [5.74, 6) is 0.605. The second-order valence-corrected chi connectivity index (χ2v) is 8.89. The highest BCUT2D eigenvalue weighted by Crippen LogP contribution is 2.33. The molecule has 1 aliphatic heterocycles. The molecular formula is C22H22N4O5S. The Labute approximate surface area is 187 Å². The number of carbonyl (C=O) groups excluding carboxylic acids is 2. The van der Waals surface area contributed by atoms with E-state index in [4.69, 9.17) is 9.47 Å².